The third-order valence-corrected chi connectivity index (χ3v) is 6.56. The lowest BCUT2D eigenvalue weighted by Gasteiger charge is -2.09. The van der Waals surface area contributed by atoms with Gasteiger partial charge in [0.05, 0.1) is 9.79 Å². The van der Waals surface area contributed by atoms with Crippen molar-refractivity contribution in [3.8, 4) is 0 Å². The molecule has 0 aromatic heterocycles. The van der Waals surface area contributed by atoms with Crippen molar-refractivity contribution in [2.45, 2.75) is 9.79 Å². The highest BCUT2D eigenvalue weighted by atomic mass is 79.9. The molecular weight excluding hydrogens is 452 g/mol. The fraction of sp³-hybridized carbons (Fsp3) is 0. The first kappa shape index (κ1) is 19.4. The minimum absolute atomic E-state index is 0.00171. The van der Waals surface area contributed by atoms with E-state index in [1.807, 2.05) is 0 Å². The molecule has 0 bridgehead atoms. The van der Waals surface area contributed by atoms with E-state index in [-0.39, 0.29) is 21.2 Å². The second kappa shape index (κ2) is 7.71. The number of nitrogens with zero attached hydrogens (tertiary/aromatic N) is 2. The summed E-state index contributed by atoms with van der Waals surface area (Å²) >= 11 is 3.24. The van der Waals surface area contributed by atoms with Gasteiger partial charge in [-0.15, -0.1) is 0 Å². The van der Waals surface area contributed by atoms with Crippen LogP contribution in [0.3, 0.4) is 0 Å². The molecule has 0 radical (unpaired) electrons. The molecule has 1 aliphatic carbocycles. The van der Waals surface area contributed by atoms with E-state index in [9.17, 15) is 16.8 Å². The predicted molar refractivity (Wildman–Crippen MR) is 108 cm³/mol. The van der Waals surface area contributed by atoms with E-state index in [2.05, 4.69) is 24.7 Å². The summed E-state index contributed by atoms with van der Waals surface area (Å²) in [6.45, 7) is 0. The highest BCUT2D eigenvalue weighted by Crippen LogP contribution is 2.19. The molecule has 0 amide bonds. The lowest BCUT2D eigenvalue weighted by molar-refractivity contribution is 0.596. The summed E-state index contributed by atoms with van der Waals surface area (Å²) in [6, 6.07) is 15.3. The third-order valence-electron chi connectivity index (χ3n) is 3.46. The molecule has 0 spiro atoms. The fourth-order valence-corrected chi connectivity index (χ4v) is 4.58. The quantitative estimate of drug-likeness (QED) is 0.647. The van der Waals surface area contributed by atoms with E-state index in [0.29, 0.717) is 4.48 Å². The molecule has 138 valence electrons. The summed E-state index contributed by atoms with van der Waals surface area (Å²) in [5.41, 5.74) is -0.144. The van der Waals surface area contributed by atoms with Gasteiger partial charge in [0.2, 0.25) is 0 Å². The molecule has 0 saturated carbocycles. The molecule has 0 fully saturated rings. The van der Waals surface area contributed by atoms with Crippen LogP contribution < -0.4 is 0 Å². The molecule has 0 saturated heterocycles. The first-order valence-corrected chi connectivity index (χ1v) is 11.3. The Hall–Kier alpha value is -2.36. The number of benzene rings is 2. The molecule has 6 nitrogen and oxygen atoms in total. The highest BCUT2D eigenvalue weighted by molar-refractivity contribution is 9.11. The summed E-state index contributed by atoms with van der Waals surface area (Å²) in [4.78, 5) is 0.00614. The van der Waals surface area contributed by atoms with Crippen LogP contribution in [0.1, 0.15) is 0 Å². The highest BCUT2D eigenvalue weighted by Gasteiger charge is 2.20. The molecule has 0 unspecified atom stereocenters. The Morgan fingerprint density at radius 3 is 1.56 bits per heavy atom. The maximum atomic E-state index is 12.5. The smallest absolute Gasteiger partial charge is 0.199 e. The zero-order chi connectivity index (χ0) is 19.5. The van der Waals surface area contributed by atoms with E-state index in [1.165, 1.54) is 36.4 Å². The number of sulfonamides is 2. The molecule has 0 aliphatic heterocycles. The Bertz CT molecular complexity index is 1180. The van der Waals surface area contributed by atoms with Crippen molar-refractivity contribution in [1.82, 2.24) is 0 Å². The van der Waals surface area contributed by atoms with Crippen LogP contribution in [0.25, 0.3) is 0 Å². The lowest BCUT2D eigenvalue weighted by atomic mass is 10.1. The van der Waals surface area contributed by atoms with Crippen LogP contribution in [-0.4, -0.2) is 28.3 Å². The topological polar surface area (TPSA) is 93.0 Å². The fourth-order valence-electron chi connectivity index (χ4n) is 2.20. The Balaban J connectivity index is 2.09. The van der Waals surface area contributed by atoms with Gasteiger partial charge >= 0.3 is 0 Å². The van der Waals surface area contributed by atoms with Crippen LogP contribution in [0.4, 0.5) is 0 Å². The van der Waals surface area contributed by atoms with Gasteiger partial charge in [-0.2, -0.15) is 25.6 Å². The molecule has 3 rings (SSSR count). The van der Waals surface area contributed by atoms with Gasteiger partial charge in [-0.25, -0.2) is 0 Å². The monoisotopic (exact) mass is 464 g/mol. The Morgan fingerprint density at radius 2 is 1.07 bits per heavy atom. The van der Waals surface area contributed by atoms with E-state index >= 15 is 0 Å². The summed E-state index contributed by atoms with van der Waals surface area (Å²) in [7, 11) is -8.04. The van der Waals surface area contributed by atoms with Crippen molar-refractivity contribution < 1.29 is 16.8 Å². The summed E-state index contributed by atoms with van der Waals surface area (Å²) in [5.74, 6) is 0. The number of hydrogen-bond acceptors (Lipinski definition) is 4. The van der Waals surface area contributed by atoms with Gasteiger partial charge in [-0.05, 0) is 42.5 Å². The maximum absolute atomic E-state index is 12.5. The van der Waals surface area contributed by atoms with Crippen molar-refractivity contribution in [1.29, 1.82) is 0 Å². The molecule has 2 aromatic carbocycles. The zero-order valence-corrected chi connectivity index (χ0v) is 16.9. The largest absolute Gasteiger partial charge is 0.282 e. The minimum Gasteiger partial charge on any atom is -0.199 e. The van der Waals surface area contributed by atoms with Gasteiger partial charge in [-0.3, -0.25) is 0 Å². The van der Waals surface area contributed by atoms with Gasteiger partial charge < -0.3 is 0 Å². The van der Waals surface area contributed by atoms with Crippen LogP contribution in [0.2, 0.25) is 0 Å². The average Bonchev–Trinajstić information content (AvgIpc) is 2.65. The third kappa shape index (κ3) is 4.68. The Morgan fingerprint density at radius 1 is 0.630 bits per heavy atom. The lowest BCUT2D eigenvalue weighted by Crippen LogP contribution is -2.17. The molecule has 0 N–H and O–H groups in total. The number of allylic oxidation sites excluding steroid dienone is 4. The van der Waals surface area contributed by atoms with Crippen LogP contribution in [0, 0.1) is 0 Å². The molecular formula is C18H13BrN2O4S2. The predicted octanol–water partition coefficient (Wildman–Crippen LogP) is 3.49. The summed E-state index contributed by atoms with van der Waals surface area (Å²) in [5, 5.41) is 0. The van der Waals surface area contributed by atoms with Gasteiger partial charge in [0.25, 0.3) is 20.0 Å². The maximum Gasteiger partial charge on any atom is 0.282 e. The Kier molecular flexibility index (Phi) is 5.54. The number of halogens is 1. The normalized spacial score (nSPS) is 17.9. The van der Waals surface area contributed by atoms with Crippen LogP contribution in [0.5, 0.6) is 0 Å². The van der Waals surface area contributed by atoms with Crippen molar-refractivity contribution in [2.75, 3.05) is 0 Å². The summed E-state index contributed by atoms with van der Waals surface area (Å²) < 4.78 is 58.2. The minimum atomic E-state index is -4.02. The molecule has 27 heavy (non-hydrogen) atoms. The van der Waals surface area contributed by atoms with Crippen molar-refractivity contribution >= 4 is 47.4 Å². The van der Waals surface area contributed by atoms with Crippen LogP contribution in [0.15, 0.2) is 102 Å². The van der Waals surface area contributed by atoms with Crippen LogP contribution >= 0.6 is 15.9 Å². The first-order valence-electron chi connectivity index (χ1n) is 7.64. The Labute approximate surface area is 165 Å². The SMILES string of the molecule is O=S(=O)(/N=C1/C=C(Br)C=C/C1=N\S(=O)(=O)c1ccccc1)c1ccccc1. The average molecular weight is 465 g/mol. The van der Waals surface area contributed by atoms with Crippen molar-refractivity contribution in [2.24, 2.45) is 8.80 Å². The number of rotatable bonds is 4. The zero-order valence-electron chi connectivity index (χ0n) is 13.7. The molecule has 9 heteroatoms. The van der Waals surface area contributed by atoms with E-state index in [1.54, 1.807) is 42.5 Å². The van der Waals surface area contributed by atoms with Gasteiger partial charge in [0, 0.05) is 4.48 Å². The summed E-state index contributed by atoms with van der Waals surface area (Å²) in [6.07, 6.45) is 4.36. The van der Waals surface area contributed by atoms with Crippen molar-refractivity contribution in [3.05, 3.63) is 83.4 Å². The second-order valence-corrected chi connectivity index (χ2v) is 9.52. The van der Waals surface area contributed by atoms with Gasteiger partial charge in [0.1, 0.15) is 11.4 Å². The molecule has 0 heterocycles. The van der Waals surface area contributed by atoms with E-state index in [0.717, 1.165) is 0 Å². The molecule has 0 atom stereocenters. The van der Waals surface area contributed by atoms with E-state index < -0.39 is 20.0 Å². The van der Waals surface area contributed by atoms with Crippen LogP contribution in [-0.2, 0) is 20.0 Å². The molecule has 2 aromatic rings. The van der Waals surface area contributed by atoms with Gasteiger partial charge in [0.15, 0.2) is 0 Å². The molecule has 1 aliphatic rings. The van der Waals surface area contributed by atoms with Crippen molar-refractivity contribution in [3.63, 3.8) is 0 Å². The standard InChI is InChI=1S/C18H13BrN2O4S2/c19-14-11-12-17(20-26(22,23)15-7-3-1-4-8-15)18(13-14)21-27(24,25)16-9-5-2-6-10-16/h1-13H/b20-17+,21-18-. The number of hydrogen-bond donors (Lipinski definition) is 0. The van der Waals surface area contributed by atoms with E-state index in [4.69, 9.17) is 0 Å². The first-order chi connectivity index (χ1) is 12.8. The second-order valence-electron chi connectivity index (χ2n) is 5.39. The van der Waals surface area contributed by atoms with Gasteiger partial charge in [-0.1, -0.05) is 52.3 Å².